The van der Waals surface area contributed by atoms with E-state index in [0.29, 0.717) is 17.7 Å². The lowest BCUT2D eigenvalue weighted by atomic mass is 10.1. The van der Waals surface area contributed by atoms with Crippen molar-refractivity contribution in [2.75, 3.05) is 0 Å². The molecule has 0 spiro atoms. The largest absolute Gasteiger partial charge is 0.352 e. The molecule has 0 bridgehead atoms. The number of nitrogens with zero attached hydrogens (tertiary/aromatic N) is 4. The third kappa shape index (κ3) is 5.82. The number of aryl methyl sites for hydroxylation is 1. The van der Waals surface area contributed by atoms with Gasteiger partial charge in [0.2, 0.25) is 5.91 Å². The first-order valence-corrected chi connectivity index (χ1v) is 12.4. The lowest BCUT2D eigenvalue weighted by molar-refractivity contribution is -0.122. The van der Waals surface area contributed by atoms with E-state index in [2.05, 4.69) is 36.3 Å². The van der Waals surface area contributed by atoms with E-state index >= 15 is 0 Å². The van der Waals surface area contributed by atoms with E-state index in [1.807, 2.05) is 55.5 Å². The van der Waals surface area contributed by atoms with Crippen molar-refractivity contribution in [3.8, 4) is 0 Å². The molecule has 0 unspecified atom stereocenters. The molecule has 4 rings (SSSR count). The van der Waals surface area contributed by atoms with Gasteiger partial charge in [0.1, 0.15) is 6.54 Å². The zero-order chi connectivity index (χ0) is 25.7. The topological polar surface area (TPSA) is 90.9 Å². The van der Waals surface area contributed by atoms with Crippen LogP contribution in [0, 0.1) is 5.92 Å². The number of amides is 1. The van der Waals surface area contributed by atoms with E-state index in [4.69, 9.17) is 0 Å². The number of nitrogens with one attached hydrogen (secondary N) is 1. The summed E-state index contributed by atoms with van der Waals surface area (Å²) in [5.41, 5.74) is 1.74. The third-order valence-electron chi connectivity index (χ3n) is 6.15. The summed E-state index contributed by atoms with van der Waals surface area (Å²) in [7, 11) is 0. The van der Waals surface area contributed by atoms with Gasteiger partial charge in [-0.25, -0.2) is 14.3 Å². The van der Waals surface area contributed by atoms with Crippen molar-refractivity contribution < 1.29 is 4.79 Å². The summed E-state index contributed by atoms with van der Waals surface area (Å²) in [4.78, 5) is 44.3. The maximum Gasteiger partial charge on any atom is 0.333 e. The Balaban J connectivity index is 1.62. The highest BCUT2D eigenvalue weighted by Crippen LogP contribution is 2.12. The molecule has 1 atom stereocenters. The molecular formula is C28H33N5O3. The molecule has 188 valence electrons. The number of rotatable bonds is 10. The van der Waals surface area contributed by atoms with Crippen LogP contribution >= 0.6 is 0 Å². The Bertz CT molecular complexity index is 1440. The lowest BCUT2D eigenvalue weighted by Gasteiger charge is -2.16. The number of benzene rings is 2. The Kier molecular flexibility index (Phi) is 7.83. The zero-order valence-electron chi connectivity index (χ0n) is 21.1. The number of hydrogen-bond acceptors (Lipinski definition) is 4. The molecule has 0 aliphatic heterocycles. The Morgan fingerprint density at radius 3 is 2.19 bits per heavy atom. The van der Waals surface area contributed by atoms with Gasteiger partial charge in [0.15, 0.2) is 11.2 Å². The van der Waals surface area contributed by atoms with Crippen LogP contribution in [0.5, 0.6) is 0 Å². The van der Waals surface area contributed by atoms with Gasteiger partial charge < -0.3 is 9.88 Å². The van der Waals surface area contributed by atoms with Crippen molar-refractivity contribution in [2.45, 2.75) is 59.3 Å². The van der Waals surface area contributed by atoms with E-state index in [1.165, 1.54) is 10.1 Å². The van der Waals surface area contributed by atoms with Crippen LogP contribution in [0.2, 0.25) is 0 Å². The molecule has 8 nitrogen and oxygen atoms in total. The molecule has 36 heavy (non-hydrogen) atoms. The van der Waals surface area contributed by atoms with Gasteiger partial charge >= 0.3 is 5.69 Å². The van der Waals surface area contributed by atoms with Crippen LogP contribution in [0.25, 0.3) is 11.2 Å². The first-order valence-electron chi connectivity index (χ1n) is 12.4. The molecule has 4 aromatic rings. The van der Waals surface area contributed by atoms with Crippen LogP contribution in [0.3, 0.4) is 0 Å². The second-order valence-electron chi connectivity index (χ2n) is 9.70. The maximum absolute atomic E-state index is 13.5. The highest BCUT2D eigenvalue weighted by molar-refractivity contribution is 5.77. The number of imidazole rings is 1. The van der Waals surface area contributed by atoms with Gasteiger partial charge in [0.05, 0.1) is 12.9 Å². The van der Waals surface area contributed by atoms with Crippen LogP contribution in [0.4, 0.5) is 0 Å². The molecular weight excluding hydrogens is 454 g/mol. The zero-order valence-corrected chi connectivity index (χ0v) is 21.1. The van der Waals surface area contributed by atoms with Crippen molar-refractivity contribution >= 4 is 17.1 Å². The number of carbonyl (C=O) groups is 1. The molecule has 1 N–H and O–H groups in total. The summed E-state index contributed by atoms with van der Waals surface area (Å²) in [5, 5.41) is 2.94. The first kappa shape index (κ1) is 25.2. The van der Waals surface area contributed by atoms with Crippen LogP contribution < -0.4 is 16.6 Å². The van der Waals surface area contributed by atoms with Gasteiger partial charge in [-0.1, -0.05) is 74.5 Å². The molecule has 8 heteroatoms. The Hall–Kier alpha value is -3.94. The van der Waals surface area contributed by atoms with Gasteiger partial charge in [-0.05, 0) is 36.8 Å². The standard InChI is InChI=1S/C28H33N5O3/c1-20(2)16-31-19-29-26-25(31)27(35)33(28(36)32(26)17-23-12-8-5-9-13-23)18-24(34)30-21(3)14-15-22-10-6-4-7-11-22/h4-13,19-21H,14-18H2,1-3H3,(H,30,34)/t21-/m0/s1. The highest BCUT2D eigenvalue weighted by atomic mass is 16.2. The first-order chi connectivity index (χ1) is 17.3. The molecule has 0 saturated heterocycles. The van der Waals surface area contributed by atoms with Crippen LogP contribution in [0.1, 0.15) is 38.3 Å². The fourth-order valence-electron chi connectivity index (χ4n) is 4.38. The molecule has 0 aliphatic rings. The fraction of sp³-hybridized carbons (Fsp3) is 0.357. The average Bonchev–Trinajstić information content (AvgIpc) is 3.27. The summed E-state index contributed by atoms with van der Waals surface area (Å²) in [6.07, 6.45) is 3.18. The van der Waals surface area contributed by atoms with Crippen molar-refractivity contribution in [2.24, 2.45) is 5.92 Å². The molecule has 0 radical (unpaired) electrons. The van der Waals surface area contributed by atoms with Gasteiger partial charge in [0, 0.05) is 12.6 Å². The van der Waals surface area contributed by atoms with E-state index in [-0.39, 0.29) is 31.0 Å². The number of hydrogen-bond donors (Lipinski definition) is 1. The summed E-state index contributed by atoms with van der Waals surface area (Å²) in [6, 6.07) is 19.5. The van der Waals surface area contributed by atoms with Crippen LogP contribution in [-0.2, 0) is 30.8 Å². The smallest absolute Gasteiger partial charge is 0.333 e. The molecule has 2 heterocycles. The summed E-state index contributed by atoms with van der Waals surface area (Å²) in [5.74, 6) is -0.0891. The van der Waals surface area contributed by atoms with E-state index < -0.39 is 11.2 Å². The molecule has 2 aromatic carbocycles. The second kappa shape index (κ2) is 11.2. The van der Waals surface area contributed by atoms with Crippen LogP contribution in [-0.4, -0.2) is 30.6 Å². The minimum Gasteiger partial charge on any atom is -0.352 e. The number of fused-ring (bicyclic) bond motifs is 1. The molecule has 0 saturated carbocycles. The van der Waals surface area contributed by atoms with Gasteiger partial charge in [0.25, 0.3) is 5.56 Å². The molecule has 0 fully saturated rings. The summed E-state index contributed by atoms with van der Waals surface area (Å²) >= 11 is 0. The Morgan fingerprint density at radius 1 is 0.917 bits per heavy atom. The van der Waals surface area contributed by atoms with E-state index in [1.54, 1.807) is 10.9 Å². The quantitative estimate of drug-likeness (QED) is 0.372. The fourth-order valence-corrected chi connectivity index (χ4v) is 4.38. The van der Waals surface area contributed by atoms with Crippen LogP contribution in [0.15, 0.2) is 76.6 Å². The minimum absolute atomic E-state index is 0.102. The predicted octanol–water partition coefficient (Wildman–Crippen LogP) is 3.20. The average molecular weight is 488 g/mol. The monoisotopic (exact) mass is 487 g/mol. The van der Waals surface area contributed by atoms with Gasteiger partial charge in [-0.15, -0.1) is 0 Å². The SMILES string of the molecule is CC(C)Cn1cnc2c1c(=O)n(CC(=O)N[C@@H](C)CCc1ccccc1)c(=O)n2Cc1ccccc1. The third-order valence-corrected chi connectivity index (χ3v) is 6.15. The van der Waals surface area contributed by atoms with Crippen molar-refractivity contribution in [1.82, 2.24) is 24.0 Å². The normalized spacial score (nSPS) is 12.2. The van der Waals surface area contributed by atoms with Gasteiger partial charge in [-0.3, -0.25) is 14.2 Å². The lowest BCUT2D eigenvalue weighted by Crippen LogP contribution is -2.45. The molecule has 1 amide bonds. The van der Waals surface area contributed by atoms with Crippen molar-refractivity contribution in [1.29, 1.82) is 0 Å². The minimum atomic E-state index is -0.543. The molecule has 2 aromatic heterocycles. The summed E-state index contributed by atoms with van der Waals surface area (Å²) < 4.78 is 4.29. The van der Waals surface area contributed by atoms with Crippen molar-refractivity contribution in [3.05, 3.63) is 99.0 Å². The summed E-state index contributed by atoms with van der Waals surface area (Å²) in [6.45, 7) is 6.52. The Labute approximate surface area is 210 Å². The van der Waals surface area contributed by atoms with Gasteiger partial charge in [-0.2, -0.15) is 0 Å². The predicted molar refractivity (Wildman–Crippen MR) is 141 cm³/mol. The second-order valence-corrected chi connectivity index (χ2v) is 9.70. The maximum atomic E-state index is 13.5. The van der Waals surface area contributed by atoms with Crippen molar-refractivity contribution in [3.63, 3.8) is 0 Å². The number of aromatic nitrogens is 4. The molecule has 0 aliphatic carbocycles. The Morgan fingerprint density at radius 2 is 1.56 bits per heavy atom. The number of carbonyl (C=O) groups excluding carboxylic acids is 1. The van der Waals surface area contributed by atoms with E-state index in [9.17, 15) is 14.4 Å². The highest BCUT2D eigenvalue weighted by Gasteiger charge is 2.21. The van der Waals surface area contributed by atoms with E-state index in [0.717, 1.165) is 23.0 Å².